The average Bonchev–Trinajstić information content (AvgIpc) is 2.47. The highest BCUT2D eigenvalue weighted by Gasteiger charge is 2.13. The van der Waals surface area contributed by atoms with E-state index in [4.69, 9.17) is 9.84 Å². The van der Waals surface area contributed by atoms with Crippen LogP contribution >= 0.6 is 0 Å². The lowest BCUT2D eigenvalue weighted by Gasteiger charge is -2.27. The molecule has 0 atom stereocenters. The Balaban J connectivity index is 1.97. The molecule has 6 heteroatoms. The van der Waals surface area contributed by atoms with Gasteiger partial charge in [-0.15, -0.1) is 0 Å². The van der Waals surface area contributed by atoms with Crippen molar-refractivity contribution in [2.45, 2.75) is 0 Å². The molecule has 19 heavy (non-hydrogen) atoms. The summed E-state index contributed by atoms with van der Waals surface area (Å²) >= 11 is 0. The molecular weight excluding hydrogens is 246 g/mol. The van der Waals surface area contributed by atoms with Gasteiger partial charge in [-0.05, 0) is 24.3 Å². The normalized spacial score (nSPS) is 15.7. The number of hydrogen-bond donors (Lipinski definition) is 1. The second kappa shape index (κ2) is 4.81. The fourth-order valence-electron chi connectivity index (χ4n) is 2.09. The van der Waals surface area contributed by atoms with E-state index in [0.717, 1.165) is 18.9 Å². The number of carboxylic acids is 1. The summed E-state index contributed by atoms with van der Waals surface area (Å²) in [4.78, 5) is 21.6. The molecule has 1 N–H and O–H groups in total. The van der Waals surface area contributed by atoms with Gasteiger partial charge in [0.15, 0.2) is 0 Å². The van der Waals surface area contributed by atoms with Crippen molar-refractivity contribution in [1.29, 1.82) is 0 Å². The number of carbonyl (C=O) groups is 1. The molecule has 6 nitrogen and oxygen atoms in total. The van der Waals surface area contributed by atoms with Crippen molar-refractivity contribution >= 4 is 22.8 Å². The van der Waals surface area contributed by atoms with E-state index >= 15 is 0 Å². The first-order valence-corrected chi connectivity index (χ1v) is 6.08. The Morgan fingerprint density at radius 2 is 1.79 bits per heavy atom. The van der Waals surface area contributed by atoms with Crippen LogP contribution in [0, 0.1) is 0 Å². The molecule has 98 valence electrons. The zero-order valence-electron chi connectivity index (χ0n) is 10.2. The number of aromatic nitrogens is 2. The molecular formula is C13H13N3O3. The fraction of sp³-hybridized carbons (Fsp3) is 0.308. The number of nitrogens with zero attached hydrogens (tertiary/aromatic N) is 3. The number of aromatic carboxylic acids is 1. The molecule has 0 aromatic carbocycles. The van der Waals surface area contributed by atoms with Crippen LogP contribution in [0.15, 0.2) is 24.3 Å². The second-order valence-corrected chi connectivity index (χ2v) is 4.31. The van der Waals surface area contributed by atoms with Crippen LogP contribution in [-0.2, 0) is 4.74 Å². The van der Waals surface area contributed by atoms with Crippen LogP contribution < -0.4 is 4.90 Å². The third-order valence-electron chi connectivity index (χ3n) is 3.08. The summed E-state index contributed by atoms with van der Waals surface area (Å²) in [6, 6.07) is 6.84. The first kappa shape index (κ1) is 11.9. The Kier molecular flexibility index (Phi) is 3.00. The van der Waals surface area contributed by atoms with Gasteiger partial charge >= 0.3 is 5.97 Å². The lowest BCUT2D eigenvalue weighted by molar-refractivity contribution is 0.0691. The lowest BCUT2D eigenvalue weighted by atomic mass is 10.2. The van der Waals surface area contributed by atoms with E-state index in [-0.39, 0.29) is 5.69 Å². The fourth-order valence-corrected chi connectivity index (χ4v) is 2.09. The standard InChI is InChI=1S/C13H13N3O3/c17-13(18)11-2-1-10-9(14-11)3-4-12(15-10)16-5-7-19-8-6-16/h1-4H,5-8H2,(H,17,18). The molecule has 0 spiro atoms. The first-order valence-electron chi connectivity index (χ1n) is 6.08. The Labute approximate surface area is 109 Å². The van der Waals surface area contributed by atoms with Crippen molar-refractivity contribution in [2.75, 3.05) is 31.2 Å². The van der Waals surface area contributed by atoms with Crippen LogP contribution in [-0.4, -0.2) is 47.3 Å². The van der Waals surface area contributed by atoms with E-state index < -0.39 is 5.97 Å². The van der Waals surface area contributed by atoms with Gasteiger partial charge in [-0.1, -0.05) is 0 Å². The highest BCUT2D eigenvalue weighted by Crippen LogP contribution is 2.18. The van der Waals surface area contributed by atoms with Crippen molar-refractivity contribution < 1.29 is 14.6 Å². The molecule has 3 rings (SSSR count). The monoisotopic (exact) mass is 259 g/mol. The van der Waals surface area contributed by atoms with Crippen LogP contribution in [0.2, 0.25) is 0 Å². The third kappa shape index (κ3) is 2.34. The van der Waals surface area contributed by atoms with Crippen LogP contribution in [0.5, 0.6) is 0 Å². The van der Waals surface area contributed by atoms with Gasteiger partial charge in [0.2, 0.25) is 0 Å². The van der Waals surface area contributed by atoms with E-state index in [9.17, 15) is 4.79 Å². The van der Waals surface area contributed by atoms with E-state index in [2.05, 4.69) is 14.9 Å². The lowest BCUT2D eigenvalue weighted by Crippen LogP contribution is -2.36. The second-order valence-electron chi connectivity index (χ2n) is 4.31. The summed E-state index contributed by atoms with van der Waals surface area (Å²) in [6.45, 7) is 3.05. The van der Waals surface area contributed by atoms with Gasteiger partial charge in [0.25, 0.3) is 0 Å². The van der Waals surface area contributed by atoms with Gasteiger partial charge in [-0.3, -0.25) is 0 Å². The number of rotatable bonds is 2. The molecule has 3 heterocycles. The summed E-state index contributed by atoms with van der Waals surface area (Å²) < 4.78 is 5.30. The van der Waals surface area contributed by atoms with Gasteiger partial charge in [-0.2, -0.15) is 0 Å². The third-order valence-corrected chi connectivity index (χ3v) is 3.08. The van der Waals surface area contributed by atoms with Crippen molar-refractivity contribution in [3.63, 3.8) is 0 Å². The summed E-state index contributed by atoms with van der Waals surface area (Å²) in [5, 5.41) is 8.90. The van der Waals surface area contributed by atoms with E-state index in [1.807, 2.05) is 6.07 Å². The quantitative estimate of drug-likeness (QED) is 0.872. The number of ether oxygens (including phenoxy) is 1. The van der Waals surface area contributed by atoms with E-state index in [0.29, 0.717) is 24.2 Å². The molecule has 0 saturated carbocycles. The summed E-state index contributed by atoms with van der Waals surface area (Å²) in [5.41, 5.74) is 1.33. The number of morpholine rings is 1. The maximum absolute atomic E-state index is 10.9. The van der Waals surface area contributed by atoms with E-state index in [1.54, 1.807) is 12.1 Å². The van der Waals surface area contributed by atoms with E-state index in [1.165, 1.54) is 6.07 Å². The highest BCUT2D eigenvalue weighted by molar-refractivity contribution is 5.89. The Bertz CT molecular complexity index is 624. The van der Waals surface area contributed by atoms with Crippen molar-refractivity contribution in [3.8, 4) is 0 Å². The molecule has 1 aliphatic rings. The molecule has 0 amide bonds. The predicted octanol–water partition coefficient (Wildman–Crippen LogP) is 1.16. The van der Waals surface area contributed by atoms with Gasteiger partial charge in [0.05, 0.1) is 24.2 Å². The zero-order valence-corrected chi connectivity index (χ0v) is 10.2. The molecule has 0 unspecified atom stereocenters. The number of pyridine rings is 2. The first-order chi connectivity index (χ1) is 9.24. The molecule has 1 saturated heterocycles. The Morgan fingerprint density at radius 3 is 2.53 bits per heavy atom. The summed E-state index contributed by atoms with van der Waals surface area (Å²) in [7, 11) is 0. The molecule has 1 fully saturated rings. The van der Waals surface area contributed by atoms with Crippen LogP contribution in [0.1, 0.15) is 10.5 Å². The molecule has 2 aromatic heterocycles. The number of hydrogen-bond acceptors (Lipinski definition) is 5. The van der Waals surface area contributed by atoms with Crippen LogP contribution in [0.4, 0.5) is 5.82 Å². The SMILES string of the molecule is O=C(O)c1ccc2nc(N3CCOCC3)ccc2n1. The van der Waals surface area contributed by atoms with Crippen molar-refractivity contribution in [3.05, 3.63) is 30.0 Å². The smallest absolute Gasteiger partial charge is 0.354 e. The Hall–Kier alpha value is -2.21. The molecule has 0 bridgehead atoms. The average molecular weight is 259 g/mol. The molecule has 2 aromatic rings. The van der Waals surface area contributed by atoms with Crippen molar-refractivity contribution in [1.82, 2.24) is 9.97 Å². The van der Waals surface area contributed by atoms with Gasteiger partial charge < -0.3 is 14.7 Å². The number of carboxylic acid groups (broad SMARTS) is 1. The van der Waals surface area contributed by atoms with Crippen molar-refractivity contribution in [2.24, 2.45) is 0 Å². The Morgan fingerprint density at radius 1 is 1.11 bits per heavy atom. The van der Waals surface area contributed by atoms with Crippen LogP contribution in [0.25, 0.3) is 11.0 Å². The topological polar surface area (TPSA) is 75.5 Å². The minimum absolute atomic E-state index is 0.0356. The van der Waals surface area contributed by atoms with Gasteiger partial charge in [0, 0.05) is 13.1 Å². The largest absolute Gasteiger partial charge is 0.477 e. The van der Waals surface area contributed by atoms with Gasteiger partial charge in [0.1, 0.15) is 11.5 Å². The number of fused-ring (bicyclic) bond motifs is 1. The molecule has 0 radical (unpaired) electrons. The number of anilines is 1. The van der Waals surface area contributed by atoms with Crippen LogP contribution in [0.3, 0.4) is 0 Å². The zero-order chi connectivity index (χ0) is 13.2. The molecule has 1 aliphatic heterocycles. The summed E-state index contributed by atoms with van der Waals surface area (Å²) in [6.07, 6.45) is 0. The van der Waals surface area contributed by atoms with Gasteiger partial charge in [-0.25, -0.2) is 14.8 Å². The molecule has 0 aliphatic carbocycles. The summed E-state index contributed by atoms with van der Waals surface area (Å²) in [5.74, 6) is -0.153. The highest BCUT2D eigenvalue weighted by atomic mass is 16.5. The minimum atomic E-state index is -1.03. The maximum Gasteiger partial charge on any atom is 0.354 e. The minimum Gasteiger partial charge on any atom is -0.477 e. The maximum atomic E-state index is 10.9. The predicted molar refractivity (Wildman–Crippen MR) is 69.5 cm³/mol.